The molecule has 1 amide bonds. The number of rotatable bonds is 7. The van der Waals surface area contributed by atoms with Crippen LogP contribution in [-0.2, 0) is 9.63 Å². The van der Waals surface area contributed by atoms with E-state index in [0.717, 1.165) is 0 Å². The largest absolute Gasteiger partial charge is 0.384 e. The molecule has 0 heterocycles. The fraction of sp³-hybridized carbons (Fsp3) is 0.125. The van der Waals surface area contributed by atoms with Crippen LogP contribution in [0.25, 0.3) is 0 Å². The van der Waals surface area contributed by atoms with Crippen molar-refractivity contribution in [1.29, 1.82) is 0 Å². The number of oxime groups is 1. The monoisotopic (exact) mass is 385 g/mol. The van der Waals surface area contributed by atoms with E-state index in [4.69, 9.17) is 22.2 Å². The highest BCUT2D eigenvalue weighted by Crippen LogP contribution is 2.26. The van der Waals surface area contributed by atoms with E-state index < -0.39 is 11.7 Å². The van der Waals surface area contributed by atoms with Crippen LogP contribution in [0.15, 0.2) is 58.6 Å². The second-order valence-corrected chi connectivity index (χ2v) is 6.21. The lowest BCUT2D eigenvalue weighted by molar-refractivity contribution is -0.120. The first kappa shape index (κ1) is 19.0. The number of hydrogen-bond acceptors (Lipinski definition) is 4. The van der Waals surface area contributed by atoms with E-state index in [0.29, 0.717) is 32.9 Å². The smallest absolute Gasteiger partial charge is 0.288 e. The highest BCUT2D eigenvalue weighted by Gasteiger charge is 2.07. The van der Waals surface area contributed by atoms with Crippen LogP contribution in [0.4, 0.5) is 14.5 Å². The maximum absolute atomic E-state index is 12.2. The van der Waals surface area contributed by atoms with Crippen molar-refractivity contribution in [2.24, 2.45) is 10.9 Å². The van der Waals surface area contributed by atoms with Crippen molar-refractivity contribution in [2.45, 2.75) is 10.7 Å². The molecule has 9 heteroatoms. The van der Waals surface area contributed by atoms with Crippen molar-refractivity contribution < 1.29 is 18.4 Å². The van der Waals surface area contributed by atoms with Crippen LogP contribution in [0, 0.1) is 0 Å². The second-order valence-electron chi connectivity index (χ2n) is 4.71. The molecular formula is C16H14ClF2N3O2S. The van der Waals surface area contributed by atoms with Gasteiger partial charge in [-0.15, -0.1) is 0 Å². The van der Waals surface area contributed by atoms with Gasteiger partial charge in [0.2, 0.25) is 0 Å². The number of nitrogens with zero attached hydrogens (tertiary/aromatic N) is 1. The van der Waals surface area contributed by atoms with E-state index in [2.05, 4.69) is 10.5 Å². The van der Waals surface area contributed by atoms with Crippen molar-refractivity contribution in [3.8, 4) is 0 Å². The summed E-state index contributed by atoms with van der Waals surface area (Å²) in [5.41, 5.74) is 6.80. The molecule has 0 fully saturated rings. The van der Waals surface area contributed by atoms with E-state index >= 15 is 0 Å². The summed E-state index contributed by atoms with van der Waals surface area (Å²) >= 11 is 6.20. The van der Waals surface area contributed by atoms with Gasteiger partial charge in [0.25, 0.3) is 11.7 Å². The van der Waals surface area contributed by atoms with Crippen molar-refractivity contribution in [1.82, 2.24) is 0 Å². The standard InChI is InChI=1S/C16H14ClF2N3O2S/c17-11-3-1-10(2-4-11)15(20)22-24-9-14(23)21-12-5-7-13(8-6-12)25-16(18)19/h1-8,16H,9H2,(H2,20,22)(H,21,23). The Balaban J connectivity index is 1.82. The highest BCUT2D eigenvalue weighted by molar-refractivity contribution is 7.99. The zero-order chi connectivity index (χ0) is 18.2. The van der Waals surface area contributed by atoms with Crippen LogP contribution in [-0.4, -0.2) is 24.1 Å². The number of alkyl halides is 2. The Morgan fingerprint density at radius 3 is 2.44 bits per heavy atom. The van der Waals surface area contributed by atoms with Gasteiger partial charge in [-0.05, 0) is 48.5 Å². The van der Waals surface area contributed by atoms with Gasteiger partial charge < -0.3 is 15.9 Å². The van der Waals surface area contributed by atoms with Crippen LogP contribution >= 0.6 is 23.4 Å². The maximum atomic E-state index is 12.2. The first-order valence-electron chi connectivity index (χ1n) is 7.00. The molecule has 0 aliphatic carbocycles. The van der Waals surface area contributed by atoms with E-state index in [1.165, 1.54) is 24.3 Å². The molecule has 3 N–H and O–H groups in total. The molecule has 132 valence electrons. The molecule has 0 radical (unpaired) electrons. The number of carbonyl (C=O) groups excluding carboxylic acids is 1. The molecule has 25 heavy (non-hydrogen) atoms. The number of hydrogen-bond donors (Lipinski definition) is 2. The fourth-order valence-electron chi connectivity index (χ4n) is 1.75. The molecule has 5 nitrogen and oxygen atoms in total. The Morgan fingerprint density at radius 2 is 1.84 bits per heavy atom. The van der Waals surface area contributed by atoms with Crippen molar-refractivity contribution in [3.63, 3.8) is 0 Å². The van der Waals surface area contributed by atoms with E-state index in [9.17, 15) is 13.6 Å². The van der Waals surface area contributed by atoms with Crippen LogP contribution in [0.2, 0.25) is 5.02 Å². The van der Waals surface area contributed by atoms with Gasteiger partial charge in [-0.2, -0.15) is 8.78 Å². The van der Waals surface area contributed by atoms with Crippen molar-refractivity contribution >= 4 is 40.8 Å². The lowest BCUT2D eigenvalue weighted by atomic mass is 10.2. The quantitative estimate of drug-likeness (QED) is 0.327. The number of nitrogens with one attached hydrogen (secondary N) is 1. The highest BCUT2D eigenvalue weighted by atomic mass is 35.5. The third kappa shape index (κ3) is 6.60. The summed E-state index contributed by atoms with van der Waals surface area (Å²) in [6.07, 6.45) is 0. The SMILES string of the molecule is N/C(=N\OCC(=O)Nc1ccc(SC(F)F)cc1)c1ccc(Cl)cc1. The zero-order valence-corrected chi connectivity index (χ0v) is 14.4. The summed E-state index contributed by atoms with van der Waals surface area (Å²) in [4.78, 5) is 17.1. The minimum Gasteiger partial charge on any atom is -0.384 e. The van der Waals surface area contributed by atoms with Gasteiger partial charge in [-0.1, -0.05) is 28.5 Å². The minimum absolute atomic E-state index is 0.109. The van der Waals surface area contributed by atoms with Gasteiger partial charge in [-0.25, -0.2) is 0 Å². The topological polar surface area (TPSA) is 76.7 Å². The Hall–Kier alpha value is -2.32. The Labute approximate surface area is 152 Å². The van der Waals surface area contributed by atoms with Crippen LogP contribution in [0.1, 0.15) is 5.56 Å². The second kappa shape index (κ2) is 9.24. The van der Waals surface area contributed by atoms with Crippen LogP contribution in [0.5, 0.6) is 0 Å². The average Bonchev–Trinajstić information content (AvgIpc) is 2.56. The van der Waals surface area contributed by atoms with Crippen LogP contribution < -0.4 is 11.1 Å². The minimum atomic E-state index is -2.49. The molecule has 0 saturated carbocycles. The number of benzene rings is 2. The third-order valence-corrected chi connectivity index (χ3v) is 3.84. The summed E-state index contributed by atoms with van der Waals surface area (Å²) in [6.45, 7) is -0.345. The molecule has 2 aromatic rings. The number of halogens is 3. The summed E-state index contributed by atoms with van der Waals surface area (Å²) < 4.78 is 24.5. The molecule has 0 aromatic heterocycles. The van der Waals surface area contributed by atoms with E-state index in [1.54, 1.807) is 24.3 Å². The van der Waals surface area contributed by atoms with Gasteiger partial charge in [0.1, 0.15) is 0 Å². The van der Waals surface area contributed by atoms with Gasteiger partial charge in [0.05, 0.1) is 0 Å². The van der Waals surface area contributed by atoms with Crippen LogP contribution in [0.3, 0.4) is 0 Å². The zero-order valence-electron chi connectivity index (χ0n) is 12.8. The van der Waals surface area contributed by atoms with Gasteiger partial charge >= 0.3 is 0 Å². The molecular weight excluding hydrogens is 372 g/mol. The first-order chi connectivity index (χ1) is 11.9. The molecule has 0 unspecified atom stereocenters. The number of thioether (sulfide) groups is 1. The molecule has 0 saturated heterocycles. The summed E-state index contributed by atoms with van der Waals surface area (Å²) in [7, 11) is 0. The third-order valence-electron chi connectivity index (χ3n) is 2.86. The van der Waals surface area contributed by atoms with Gasteiger partial charge in [0, 0.05) is 21.2 Å². The summed E-state index contributed by atoms with van der Waals surface area (Å²) in [5, 5.41) is 6.78. The fourth-order valence-corrected chi connectivity index (χ4v) is 2.38. The van der Waals surface area contributed by atoms with E-state index in [1.807, 2.05) is 0 Å². The summed E-state index contributed by atoms with van der Waals surface area (Å²) in [5.74, 6) is -2.84. The maximum Gasteiger partial charge on any atom is 0.288 e. The van der Waals surface area contributed by atoms with Crippen molar-refractivity contribution in [3.05, 3.63) is 59.1 Å². The summed E-state index contributed by atoms with van der Waals surface area (Å²) in [6, 6.07) is 12.7. The lowest BCUT2D eigenvalue weighted by Crippen LogP contribution is -2.19. The first-order valence-corrected chi connectivity index (χ1v) is 8.26. The number of carbonyl (C=O) groups is 1. The Bertz CT molecular complexity index is 740. The van der Waals surface area contributed by atoms with Gasteiger partial charge in [0.15, 0.2) is 12.4 Å². The average molecular weight is 386 g/mol. The number of nitrogens with two attached hydrogens (primary N) is 1. The Morgan fingerprint density at radius 1 is 1.20 bits per heavy atom. The predicted octanol–water partition coefficient (Wildman–Crippen LogP) is 3.93. The molecule has 0 spiro atoms. The number of amides is 1. The van der Waals surface area contributed by atoms with Crippen molar-refractivity contribution in [2.75, 3.05) is 11.9 Å². The molecule has 0 atom stereocenters. The predicted molar refractivity (Wildman–Crippen MR) is 95.1 cm³/mol. The molecule has 2 aromatic carbocycles. The molecule has 0 aliphatic rings. The normalized spacial score (nSPS) is 11.4. The lowest BCUT2D eigenvalue weighted by Gasteiger charge is -2.06. The molecule has 0 aliphatic heterocycles. The number of anilines is 1. The number of amidine groups is 1. The van der Waals surface area contributed by atoms with Gasteiger partial charge in [-0.3, -0.25) is 4.79 Å². The molecule has 2 rings (SSSR count). The van der Waals surface area contributed by atoms with E-state index in [-0.39, 0.29) is 12.4 Å². The Kier molecular flexibility index (Phi) is 7.03. The molecule has 0 bridgehead atoms.